The molecule has 0 unspecified atom stereocenters. The summed E-state index contributed by atoms with van der Waals surface area (Å²) in [6, 6.07) is 6.77. The number of hydrogen-bond acceptors (Lipinski definition) is 6. The lowest BCUT2D eigenvalue weighted by atomic mass is 9.95. The third-order valence-electron chi connectivity index (χ3n) is 5.65. The van der Waals surface area contributed by atoms with E-state index in [0.717, 1.165) is 10.9 Å². The minimum Gasteiger partial charge on any atom is -0.493 e. The Morgan fingerprint density at radius 2 is 1.83 bits per heavy atom. The van der Waals surface area contributed by atoms with E-state index < -0.39 is 24.2 Å². The molecule has 1 aliphatic heterocycles. The number of fused-ring (bicyclic) bond motifs is 1. The summed E-state index contributed by atoms with van der Waals surface area (Å²) < 4.78 is 58.9. The van der Waals surface area contributed by atoms with Gasteiger partial charge in [-0.05, 0) is 35.9 Å². The Kier molecular flexibility index (Phi) is 6.70. The van der Waals surface area contributed by atoms with E-state index in [0.29, 0.717) is 33.5 Å². The number of halogens is 4. The summed E-state index contributed by atoms with van der Waals surface area (Å²) in [7, 11) is 4.27. The van der Waals surface area contributed by atoms with Crippen LogP contribution >= 0.6 is 11.6 Å². The van der Waals surface area contributed by atoms with Crippen molar-refractivity contribution in [2.24, 2.45) is 0 Å². The predicted molar refractivity (Wildman–Crippen MR) is 124 cm³/mol. The van der Waals surface area contributed by atoms with Crippen LogP contribution < -0.4 is 24.8 Å². The molecular weight excluding hydrogens is 489 g/mol. The molecule has 4 rings (SSSR count). The van der Waals surface area contributed by atoms with Crippen molar-refractivity contribution >= 4 is 29.0 Å². The van der Waals surface area contributed by atoms with E-state index in [1.807, 2.05) is 0 Å². The number of anilines is 2. The molecule has 2 aromatic carbocycles. The van der Waals surface area contributed by atoms with E-state index in [-0.39, 0.29) is 17.8 Å². The summed E-state index contributed by atoms with van der Waals surface area (Å²) in [5.74, 6) is 0.216. The largest absolute Gasteiger partial charge is 0.493 e. The Morgan fingerprint density at radius 3 is 2.40 bits per heavy atom. The first-order valence-electron chi connectivity index (χ1n) is 10.4. The number of hydrogen-bond donors (Lipinski definition) is 2. The summed E-state index contributed by atoms with van der Waals surface area (Å²) in [5.41, 5.74) is 0.811. The highest BCUT2D eigenvalue weighted by Crippen LogP contribution is 2.47. The lowest BCUT2D eigenvalue weighted by Gasteiger charge is -2.34. The van der Waals surface area contributed by atoms with Crippen LogP contribution in [0.25, 0.3) is 0 Å². The quantitative estimate of drug-likeness (QED) is 0.457. The summed E-state index contributed by atoms with van der Waals surface area (Å²) in [4.78, 5) is 13.0. The Bertz CT molecular complexity index is 1220. The number of ether oxygens (including phenoxy) is 3. The molecule has 2 atom stereocenters. The first-order valence-corrected chi connectivity index (χ1v) is 10.8. The first-order chi connectivity index (χ1) is 16.7. The molecular formula is C23H22ClF3N4O4. The fourth-order valence-electron chi connectivity index (χ4n) is 4.01. The van der Waals surface area contributed by atoms with Gasteiger partial charge >= 0.3 is 6.18 Å². The number of rotatable bonds is 6. The Balaban J connectivity index is 1.74. The van der Waals surface area contributed by atoms with Crippen molar-refractivity contribution in [3.05, 3.63) is 58.7 Å². The molecule has 8 nitrogen and oxygen atoms in total. The van der Waals surface area contributed by atoms with Gasteiger partial charge in [0, 0.05) is 17.1 Å². The van der Waals surface area contributed by atoms with E-state index in [1.54, 1.807) is 30.3 Å². The highest BCUT2D eigenvalue weighted by Gasteiger charge is 2.47. The third kappa shape index (κ3) is 4.81. The predicted octanol–water partition coefficient (Wildman–Crippen LogP) is 5.47. The number of carbonyl (C=O) groups is 1. The Morgan fingerprint density at radius 1 is 1.14 bits per heavy atom. The van der Waals surface area contributed by atoms with Gasteiger partial charge in [0.05, 0.1) is 33.6 Å². The number of nitrogens with zero attached hydrogens (tertiary/aromatic N) is 2. The molecule has 0 saturated carbocycles. The van der Waals surface area contributed by atoms with Gasteiger partial charge in [-0.1, -0.05) is 17.7 Å². The van der Waals surface area contributed by atoms with Gasteiger partial charge < -0.3 is 24.8 Å². The monoisotopic (exact) mass is 510 g/mol. The second kappa shape index (κ2) is 9.57. The average Bonchev–Trinajstić information content (AvgIpc) is 3.25. The standard InChI is InChI=1S/C23H22ClF3N4O4/c1-33-17-7-12(8-18(34-2)20(17)35-3)16-10-19(23(25,26)27)31-21(30-16)15(11-28-31)22(32)29-14-6-4-5-13(24)9-14/h4-9,11,16,19,30H,10H2,1-3H3,(H,29,32)/t16-,19+/m1/s1. The third-order valence-corrected chi connectivity index (χ3v) is 5.89. The van der Waals surface area contributed by atoms with Crippen molar-refractivity contribution in [1.82, 2.24) is 9.78 Å². The molecule has 1 aromatic heterocycles. The van der Waals surface area contributed by atoms with Crippen LogP contribution in [0.3, 0.4) is 0 Å². The highest BCUT2D eigenvalue weighted by atomic mass is 35.5. The molecule has 1 amide bonds. The summed E-state index contributed by atoms with van der Waals surface area (Å²) in [5, 5.41) is 9.97. The lowest BCUT2D eigenvalue weighted by molar-refractivity contribution is -0.173. The van der Waals surface area contributed by atoms with Gasteiger partial charge in [-0.25, -0.2) is 4.68 Å². The fourth-order valence-corrected chi connectivity index (χ4v) is 4.20. The molecule has 0 fully saturated rings. The Hall–Kier alpha value is -3.60. The normalized spacial score (nSPS) is 17.2. The van der Waals surface area contributed by atoms with Crippen molar-refractivity contribution in [3.8, 4) is 17.2 Å². The number of alkyl halides is 3. The molecule has 186 valence electrons. The van der Waals surface area contributed by atoms with Crippen LogP contribution in [-0.4, -0.2) is 43.2 Å². The maximum atomic E-state index is 14.0. The van der Waals surface area contributed by atoms with Gasteiger partial charge in [-0.2, -0.15) is 18.3 Å². The molecule has 35 heavy (non-hydrogen) atoms. The second-order valence-electron chi connectivity index (χ2n) is 7.76. The summed E-state index contributed by atoms with van der Waals surface area (Å²) >= 11 is 5.96. The number of methoxy groups -OCH3 is 3. The zero-order valence-corrected chi connectivity index (χ0v) is 19.7. The first kappa shape index (κ1) is 24.5. The fraction of sp³-hybridized carbons (Fsp3) is 0.304. The molecule has 0 aliphatic carbocycles. The molecule has 2 heterocycles. The summed E-state index contributed by atoms with van der Waals surface area (Å²) in [6.07, 6.45) is -3.87. The lowest BCUT2D eigenvalue weighted by Crippen LogP contribution is -2.36. The molecule has 1 aliphatic rings. The van der Waals surface area contributed by atoms with Crippen LogP contribution in [0.4, 0.5) is 24.7 Å². The topological polar surface area (TPSA) is 86.6 Å². The van der Waals surface area contributed by atoms with E-state index in [2.05, 4.69) is 15.7 Å². The minimum absolute atomic E-state index is 0.0450. The average molecular weight is 511 g/mol. The molecule has 0 saturated heterocycles. The maximum Gasteiger partial charge on any atom is 0.410 e. The van der Waals surface area contributed by atoms with Crippen molar-refractivity contribution in [2.45, 2.75) is 24.7 Å². The molecule has 0 radical (unpaired) electrons. The van der Waals surface area contributed by atoms with E-state index in [9.17, 15) is 18.0 Å². The smallest absolute Gasteiger partial charge is 0.410 e. The van der Waals surface area contributed by atoms with Crippen molar-refractivity contribution < 1.29 is 32.2 Å². The SMILES string of the molecule is COc1cc([C@H]2C[C@@H](C(F)(F)F)n3ncc(C(=O)Nc4cccc(Cl)c4)c3N2)cc(OC)c1OC. The number of aromatic nitrogens is 2. The van der Waals surface area contributed by atoms with Crippen LogP contribution in [0.15, 0.2) is 42.6 Å². The van der Waals surface area contributed by atoms with Gasteiger partial charge in [-0.15, -0.1) is 0 Å². The highest BCUT2D eigenvalue weighted by molar-refractivity contribution is 6.31. The minimum atomic E-state index is -4.61. The van der Waals surface area contributed by atoms with E-state index >= 15 is 0 Å². The second-order valence-corrected chi connectivity index (χ2v) is 8.20. The van der Waals surface area contributed by atoms with E-state index in [1.165, 1.54) is 27.4 Å². The number of nitrogens with one attached hydrogen (secondary N) is 2. The zero-order valence-electron chi connectivity index (χ0n) is 18.9. The van der Waals surface area contributed by atoms with Crippen LogP contribution in [0.2, 0.25) is 5.02 Å². The molecule has 0 spiro atoms. The summed E-state index contributed by atoms with van der Waals surface area (Å²) in [6.45, 7) is 0. The number of carbonyl (C=O) groups excluding carboxylic acids is 1. The van der Waals surface area contributed by atoms with Gasteiger partial charge in [0.15, 0.2) is 17.5 Å². The van der Waals surface area contributed by atoms with Gasteiger partial charge in [0.25, 0.3) is 5.91 Å². The van der Waals surface area contributed by atoms with Crippen molar-refractivity contribution in [2.75, 3.05) is 32.0 Å². The van der Waals surface area contributed by atoms with Crippen molar-refractivity contribution in [3.63, 3.8) is 0 Å². The van der Waals surface area contributed by atoms with Crippen LogP contribution in [-0.2, 0) is 0 Å². The van der Waals surface area contributed by atoms with Crippen LogP contribution in [0.1, 0.15) is 34.4 Å². The molecule has 3 aromatic rings. The van der Waals surface area contributed by atoms with Crippen molar-refractivity contribution in [1.29, 1.82) is 0 Å². The zero-order chi connectivity index (χ0) is 25.3. The maximum absolute atomic E-state index is 14.0. The van der Waals surface area contributed by atoms with Gasteiger partial charge in [0.2, 0.25) is 5.75 Å². The van der Waals surface area contributed by atoms with E-state index in [4.69, 9.17) is 25.8 Å². The number of benzene rings is 2. The van der Waals surface area contributed by atoms with Crippen LogP contribution in [0, 0.1) is 0 Å². The van der Waals surface area contributed by atoms with Gasteiger partial charge in [0.1, 0.15) is 11.4 Å². The van der Waals surface area contributed by atoms with Crippen LogP contribution in [0.5, 0.6) is 17.2 Å². The molecule has 2 N–H and O–H groups in total. The van der Waals surface area contributed by atoms with Gasteiger partial charge in [-0.3, -0.25) is 4.79 Å². The molecule has 12 heteroatoms. The number of amides is 1. The Labute approximate surface area is 203 Å². The molecule has 0 bridgehead atoms.